The van der Waals surface area contributed by atoms with E-state index < -0.39 is 12.1 Å². The zero-order valence-electron chi connectivity index (χ0n) is 15.1. The Morgan fingerprint density at radius 3 is 2.26 bits per heavy atom. The molecule has 4 rings (SSSR count). The second kappa shape index (κ2) is 6.83. The summed E-state index contributed by atoms with van der Waals surface area (Å²) in [5.74, 6) is -1.16. The first-order valence-corrected chi connectivity index (χ1v) is 9.14. The highest BCUT2D eigenvalue weighted by atomic mass is 19.4. The molecule has 1 N–H and O–H groups in total. The van der Waals surface area contributed by atoms with Gasteiger partial charge in [-0.05, 0) is 61.4 Å². The van der Waals surface area contributed by atoms with Crippen LogP contribution in [0, 0.1) is 5.92 Å². The average molecular weight is 373 g/mol. The van der Waals surface area contributed by atoms with Gasteiger partial charge in [-0.2, -0.15) is 13.2 Å². The number of aromatic nitrogens is 1. The number of piperidine rings is 1. The molecule has 1 aliphatic heterocycles. The fourth-order valence-electron chi connectivity index (χ4n) is 3.75. The van der Waals surface area contributed by atoms with E-state index in [1.54, 1.807) is 0 Å². The van der Waals surface area contributed by atoms with Crippen molar-refractivity contribution >= 4 is 28.0 Å². The molecule has 2 aromatic carbocycles. The molecule has 0 amide bonds. The van der Waals surface area contributed by atoms with E-state index in [0.717, 1.165) is 17.1 Å². The number of alkyl halides is 3. The Hall–Kier alpha value is -2.63. The van der Waals surface area contributed by atoms with Crippen LogP contribution in [0.15, 0.2) is 54.7 Å². The predicted octanol–water partition coefficient (Wildman–Crippen LogP) is 5.70. The maximum Gasteiger partial charge on any atom is 0.391 e. The lowest BCUT2D eigenvalue weighted by Gasteiger charge is -2.34. The minimum absolute atomic E-state index is 0.167. The third kappa shape index (κ3) is 3.75. The Balaban J connectivity index is 1.41. The fourth-order valence-corrected chi connectivity index (χ4v) is 3.75. The standard InChI is InChI=1S/C21H22F3N3/c1-26-11-8-15-14-18(4-7-20(15)26)25-17-2-5-19(6-3-17)27-12-9-16(10-13-27)21(22,23)24/h2-8,11,14,16,25H,9-10,12-13H2,1H3. The molecule has 0 radical (unpaired) electrons. The van der Waals surface area contributed by atoms with Gasteiger partial charge >= 0.3 is 6.18 Å². The monoisotopic (exact) mass is 373 g/mol. The number of nitrogens with zero attached hydrogens (tertiary/aromatic N) is 2. The van der Waals surface area contributed by atoms with Crippen LogP contribution in [0.25, 0.3) is 10.9 Å². The van der Waals surface area contributed by atoms with Crippen molar-refractivity contribution in [2.45, 2.75) is 19.0 Å². The largest absolute Gasteiger partial charge is 0.391 e. The van der Waals surface area contributed by atoms with Crippen molar-refractivity contribution in [3.63, 3.8) is 0 Å². The topological polar surface area (TPSA) is 20.2 Å². The summed E-state index contributed by atoms with van der Waals surface area (Å²) in [4.78, 5) is 2.03. The van der Waals surface area contributed by atoms with E-state index in [9.17, 15) is 13.2 Å². The molecule has 0 spiro atoms. The van der Waals surface area contributed by atoms with Gasteiger partial charge in [0.25, 0.3) is 0 Å². The average Bonchev–Trinajstić information content (AvgIpc) is 3.02. The van der Waals surface area contributed by atoms with Crippen molar-refractivity contribution in [3.05, 3.63) is 54.7 Å². The van der Waals surface area contributed by atoms with E-state index in [4.69, 9.17) is 0 Å². The lowest BCUT2D eigenvalue weighted by atomic mass is 9.96. The Labute approximate surface area is 156 Å². The molecule has 1 fully saturated rings. The molecular weight excluding hydrogens is 351 g/mol. The van der Waals surface area contributed by atoms with Crippen LogP contribution in [-0.4, -0.2) is 23.8 Å². The number of benzene rings is 2. The van der Waals surface area contributed by atoms with Crippen molar-refractivity contribution < 1.29 is 13.2 Å². The minimum atomic E-state index is -4.07. The molecule has 1 aromatic heterocycles. The molecule has 6 heteroatoms. The highest BCUT2D eigenvalue weighted by molar-refractivity contribution is 5.84. The van der Waals surface area contributed by atoms with Crippen molar-refractivity contribution in [1.82, 2.24) is 4.57 Å². The molecule has 0 saturated carbocycles. The van der Waals surface area contributed by atoms with Crippen molar-refractivity contribution in [1.29, 1.82) is 0 Å². The molecule has 0 bridgehead atoms. The van der Waals surface area contributed by atoms with Crippen LogP contribution < -0.4 is 10.2 Å². The van der Waals surface area contributed by atoms with Gasteiger partial charge in [-0.25, -0.2) is 0 Å². The van der Waals surface area contributed by atoms with E-state index in [2.05, 4.69) is 28.1 Å². The third-order valence-corrected chi connectivity index (χ3v) is 5.36. The number of hydrogen-bond acceptors (Lipinski definition) is 2. The highest BCUT2D eigenvalue weighted by Crippen LogP contribution is 2.35. The number of hydrogen-bond donors (Lipinski definition) is 1. The maximum absolute atomic E-state index is 12.8. The van der Waals surface area contributed by atoms with Crippen LogP contribution in [0.2, 0.25) is 0 Å². The summed E-state index contributed by atoms with van der Waals surface area (Å²) in [5.41, 5.74) is 4.12. The van der Waals surface area contributed by atoms with Gasteiger partial charge in [0, 0.05) is 54.3 Å². The van der Waals surface area contributed by atoms with Gasteiger partial charge in [0.05, 0.1) is 5.92 Å². The van der Waals surface area contributed by atoms with Crippen LogP contribution in [-0.2, 0) is 7.05 Å². The van der Waals surface area contributed by atoms with Gasteiger partial charge < -0.3 is 14.8 Å². The van der Waals surface area contributed by atoms with Crippen LogP contribution in [0.4, 0.5) is 30.2 Å². The quantitative estimate of drug-likeness (QED) is 0.635. The fraction of sp³-hybridized carbons (Fsp3) is 0.333. The molecule has 3 nitrogen and oxygen atoms in total. The second-order valence-corrected chi connectivity index (χ2v) is 7.18. The molecule has 0 atom stereocenters. The van der Waals surface area contributed by atoms with E-state index in [0.29, 0.717) is 13.1 Å². The Bertz CT molecular complexity index is 920. The van der Waals surface area contributed by atoms with Crippen LogP contribution in [0.5, 0.6) is 0 Å². The summed E-state index contributed by atoms with van der Waals surface area (Å²) in [6.07, 6.45) is -1.70. The predicted molar refractivity (Wildman–Crippen MR) is 104 cm³/mol. The van der Waals surface area contributed by atoms with Gasteiger partial charge in [0.15, 0.2) is 0 Å². The van der Waals surface area contributed by atoms with E-state index in [1.807, 2.05) is 48.5 Å². The number of anilines is 3. The Morgan fingerprint density at radius 1 is 0.926 bits per heavy atom. The normalized spacial score (nSPS) is 16.1. The van der Waals surface area contributed by atoms with Gasteiger partial charge in [-0.15, -0.1) is 0 Å². The molecule has 0 aliphatic carbocycles. The molecule has 3 aromatic rings. The van der Waals surface area contributed by atoms with Crippen LogP contribution >= 0.6 is 0 Å². The highest BCUT2D eigenvalue weighted by Gasteiger charge is 2.41. The second-order valence-electron chi connectivity index (χ2n) is 7.18. The van der Waals surface area contributed by atoms with E-state index in [-0.39, 0.29) is 12.8 Å². The first-order chi connectivity index (χ1) is 12.9. The van der Waals surface area contributed by atoms with Crippen LogP contribution in [0.3, 0.4) is 0 Å². The number of halogens is 3. The van der Waals surface area contributed by atoms with Crippen molar-refractivity contribution in [2.24, 2.45) is 13.0 Å². The van der Waals surface area contributed by atoms with Gasteiger partial charge in [0.2, 0.25) is 0 Å². The molecular formula is C21H22F3N3. The molecule has 1 aliphatic rings. The zero-order chi connectivity index (χ0) is 19.0. The van der Waals surface area contributed by atoms with Gasteiger partial charge in [-0.3, -0.25) is 0 Å². The number of nitrogens with one attached hydrogen (secondary N) is 1. The van der Waals surface area contributed by atoms with E-state index >= 15 is 0 Å². The molecule has 142 valence electrons. The molecule has 27 heavy (non-hydrogen) atoms. The minimum Gasteiger partial charge on any atom is -0.372 e. The maximum atomic E-state index is 12.8. The number of rotatable bonds is 3. The summed E-state index contributed by atoms with van der Waals surface area (Å²) >= 11 is 0. The summed E-state index contributed by atoms with van der Waals surface area (Å²) < 4.78 is 40.5. The van der Waals surface area contributed by atoms with Crippen LogP contribution in [0.1, 0.15) is 12.8 Å². The Kier molecular flexibility index (Phi) is 4.50. The summed E-state index contributed by atoms with van der Waals surface area (Å²) in [7, 11) is 2.02. The first-order valence-electron chi connectivity index (χ1n) is 9.14. The third-order valence-electron chi connectivity index (χ3n) is 5.36. The van der Waals surface area contributed by atoms with Crippen molar-refractivity contribution in [2.75, 3.05) is 23.3 Å². The van der Waals surface area contributed by atoms with Gasteiger partial charge in [-0.1, -0.05) is 0 Å². The lowest BCUT2D eigenvalue weighted by molar-refractivity contribution is -0.179. The zero-order valence-corrected chi connectivity index (χ0v) is 15.1. The Morgan fingerprint density at radius 2 is 1.59 bits per heavy atom. The SMILES string of the molecule is Cn1ccc2cc(Nc3ccc(N4CCC(C(F)(F)F)CC4)cc3)ccc21. The van der Waals surface area contributed by atoms with Gasteiger partial charge in [0.1, 0.15) is 0 Å². The molecule has 2 heterocycles. The summed E-state index contributed by atoms with van der Waals surface area (Å²) in [5, 5.41) is 4.56. The number of fused-ring (bicyclic) bond motifs is 1. The first kappa shape index (κ1) is 17.8. The summed E-state index contributed by atoms with van der Waals surface area (Å²) in [6.45, 7) is 0.892. The molecule has 0 unspecified atom stereocenters. The molecule has 1 saturated heterocycles. The smallest absolute Gasteiger partial charge is 0.372 e. The summed E-state index contributed by atoms with van der Waals surface area (Å²) in [6, 6.07) is 16.2. The van der Waals surface area contributed by atoms with Crippen molar-refractivity contribution in [3.8, 4) is 0 Å². The number of aryl methyl sites for hydroxylation is 1. The lowest BCUT2D eigenvalue weighted by Crippen LogP contribution is -2.38. The van der Waals surface area contributed by atoms with E-state index in [1.165, 1.54) is 10.9 Å².